The van der Waals surface area contributed by atoms with Gasteiger partial charge in [0.2, 0.25) is 5.91 Å². The van der Waals surface area contributed by atoms with Gasteiger partial charge in [-0.3, -0.25) is 9.59 Å². The van der Waals surface area contributed by atoms with Crippen molar-refractivity contribution in [3.05, 3.63) is 58.9 Å². The molecular formula is C16H13FN2O2. The molecule has 0 aliphatic carbocycles. The number of hydrogen-bond donors (Lipinski definition) is 1. The summed E-state index contributed by atoms with van der Waals surface area (Å²) in [5.41, 5.74) is 7.77. The molecule has 0 bridgehead atoms. The Bertz CT molecular complexity index is 771. The van der Waals surface area contributed by atoms with E-state index in [2.05, 4.69) is 0 Å². The number of nitrogen functional groups attached to an aromatic ring is 1. The van der Waals surface area contributed by atoms with E-state index in [0.29, 0.717) is 11.3 Å². The predicted molar refractivity (Wildman–Crippen MR) is 77.8 cm³/mol. The second-order valence-corrected chi connectivity index (χ2v) is 5.04. The second-order valence-electron chi connectivity index (χ2n) is 5.04. The Morgan fingerprint density at radius 2 is 2.00 bits per heavy atom. The molecule has 0 fully saturated rings. The molecule has 2 aromatic carbocycles. The number of carbonyl (C=O) groups is 2. The van der Waals surface area contributed by atoms with Gasteiger partial charge < -0.3 is 10.6 Å². The van der Waals surface area contributed by atoms with E-state index in [1.807, 2.05) is 0 Å². The van der Waals surface area contributed by atoms with Crippen molar-refractivity contribution in [3.63, 3.8) is 0 Å². The van der Waals surface area contributed by atoms with Gasteiger partial charge in [-0.1, -0.05) is 0 Å². The first-order valence-electron chi connectivity index (χ1n) is 6.46. The Morgan fingerprint density at radius 3 is 2.76 bits per heavy atom. The van der Waals surface area contributed by atoms with E-state index in [9.17, 15) is 14.0 Å². The molecule has 0 unspecified atom stereocenters. The van der Waals surface area contributed by atoms with Gasteiger partial charge in [-0.15, -0.1) is 0 Å². The molecule has 2 N–H and O–H groups in total. The van der Waals surface area contributed by atoms with E-state index in [4.69, 9.17) is 5.73 Å². The third-order valence-corrected chi connectivity index (χ3v) is 3.65. The SMILES string of the molecule is CN1C(=O)Cc2cc(C(=O)c3cc(N)ccc3F)ccc21. The van der Waals surface area contributed by atoms with Crippen molar-refractivity contribution in [2.45, 2.75) is 6.42 Å². The number of likely N-dealkylation sites (N-methyl/N-ethyl adjacent to an activating group) is 1. The molecule has 3 rings (SSSR count). The van der Waals surface area contributed by atoms with Gasteiger partial charge in [0.1, 0.15) is 5.82 Å². The van der Waals surface area contributed by atoms with E-state index < -0.39 is 11.6 Å². The average Bonchev–Trinajstić information content (AvgIpc) is 2.75. The van der Waals surface area contributed by atoms with E-state index in [0.717, 1.165) is 11.3 Å². The van der Waals surface area contributed by atoms with Crippen LogP contribution in [0.15, 0.2) is 36.4 Å². The molecule has 1 aliphatic heterocycles. The molecule has 1 heterocycles. The molecule has 2 aromatic rings. The normalized spacial score (nSPS) is 13.4. The van der Waals surface area contributed by atoms with Crippen molar-refractivity contribution in [1.82, 2.24) is 0 Å². The third kappa shape index (κ3) is 2.16. The van der Waals surface area contributed by atoms with Crippen LogP contribution in [-0.4, -0.2) is 18.7 Å². The van der Waals surface area contributed by atoms with Crippen molar-refractivity contribution in [2.24, 2.45) is 0 Å². The van der Waals surface area contributed by atoms with Gasteiger partial charge >= 0.3 is 0 Å². The van der Waals surface area contributed by atoms with Gasteiger partial charge in [0.05, 0.1) is 12.0 Å². The van der Waals surface area contributed by atoms with Crippen molar-refractivity contribution in [2.75, 3.05) is 17.7 Å². The summed E-state index contributed by atoms with van der Waals surface area (Å²) in [4.78, 5) is 25.6. The maximum absolute atomic E-state index is 13.8. The first-order chi connectivity index (χ1) is 9.97. The van der Waals surface area contributed by atoms with E-state index in [-0.39, 0.29) is 17.9 Å². The minimum atomic E-state index is -0.608. The summed E-state index contributed by atoms with van der Waals surface area (Å²) in [6, 6.07) is 8.84. The van der Waals surface area contributed by atoms with Crippen LogP contribution in [0.3, 0.4) is 0 Å². The molecule has 0 saturated carbocycles. The lowest BCUT2D eigenvalue weighted by atomic mass is 9.99. The fraction of sp³-hybridized carbons (Fsp3) is 0.125. The van der Waals surface area contributed by atoms with Crippen molar-refractivity contribution in [3.8, 4) is 0 Å². The standard InChI is InChI=1S/C16H13FN2O2/c1-19-14-5-2-9(6-10(14)7-15(19)20)16(21)12-8-11(18)3-4-13(12)17/h2-6,8H,7,18H2,1H3. The number of nitrogens with zero attached hydrogens (tertiary/aromatic N) is 1. The maximum atomic E-state index is 13.8. The van der Waals surface area contributed by atoms with Crippen LogP contribution in [0.5, 0.6) is 0 Å². The highest BCUT2D eigenvalue weighted by Crippen LogP contribution is 2.29. The van der Waals surface area contributed by atoms with Crippen molar-refractivity contribution >= 4 is 23.1 Å². The molecule has 0 spiro atoms. The van der Waals surface area contributed by atoms with Gasteiger partial charge in [-0.05, 0) is 42.0 Å². The van der Waals surface area contributed by atoms with E-state index in [1.165, 1.54) is 18.2 Å². The third-order valence-electron chi connectivity index (χ3n) is 3.65. The fourth-order valence-corrected chi connectivity index (χ4v) is 2.48. The number of anilines is 2. The van der Waals surface area contributed by atoms with E-state index in [1.54, 1.807) is 30.1 Å². The number of halogens is 1. The first kappa shape index (κ1) is 13.3. The molecule has 21 heavy (non-hydrogen) atoms. The molecule has 4 nitrogen and oxygen atoms in total. The smallest absolute Gasteiger partial charge is 0.231 e. The summed E-state index contributed by atoms with van der Waals surface area (Å²) in [6.45, 7) is 0. The molecule has 1 aliphatic rings. The molecule has 106 valence electrons. The van der Waals surface area contributed by atoms with Crippen LogP contribution in [0.1, 0.15) is 21.5 Å². The predicted octanol–water partition coefficient (Wildman–Crippen LogP) is 2.16. The highest BCUT2D eigenvalue weighted by molar-refractivity contribution is 6.11. The van der Waals surface area contributed by atoms with Gasteiger partial charge in [-0.25, -0.2) is 4.39 Å². The van der Waals surface area contributed by atoms with Gasteiger partial charge in [-0.2, -0.15) is 0 Å². The largest absolute Gasteiger partial charge is 0.399 e. The van der Waals surface area contributed by atoms with Gasteiger partial charge in [0.15, 0.2) is 5.78 Å². The topological polar surface area (TPSA) is 63.4 Å². The Kier molecular flexibility index (Phi) is 2.97. The monoisotopic (exact) mass is 284 g/mol. The van der Waals surface area contributed by atoms with Crippen LogP contribution in [0.25, 0.3) is 0 Å². The molecule has 0 saturated heterocycles. The maximum Gasteiger partial charge on any atom is 0.231 e. The fourth-order valence-electron chi connectivity index (χ4n) is 2.48. The zero-order chi connectivity index (χ0) is 15.1. The molecule has 5 heteroatoms. The summed E-state index contributed by atoms with van der Waals surface area (Å²) >= 11 is 0. The number of hydrogen-bond acceptors (Lipinski definition) is 3. The van der Waals surface area contributed by atoms with Crippen LogP contribution >= 0.6 is 0 Å². The van der Waals surface area contributed by atoms with E-state index >= 15 is 0 Å². The lowest BCUT2D eigenvalue weighted by molar-refractivity contribution is -0.117. The summed E-state index contributed by atoms with van der Waals surface area (Å²) in [5, 5.41) is 0. The number of carbonyl (C=O) groups excluding carboxylic acids is 2. The minimum absolute atomic E-state index is 0.0234. The quantitative estimate of drug-likeness (QED) is 0.679. The van der Waals surface area contributed by atoms with Crippen LogP contribution < -0.4 is 10.6 Å². The highest BCUT2D eigenvalue weighted by atomic mass is 19.1. The Morgan fingerprint density at radius 1 is 1.24 bits per heavy atom. The molecule has 0 atom stereocenters. The Labute approximate surface area is 121 Å². The molecule has 0 aromatic heterocycles. The molecule has 0 radical (unpaired) electrons. The van der Waals surface area contributed by atoms with Crippen LogP contribution in [0.2, 0.25) is 0 Å². The van der Waals surface area contributed by atoms with Crippen LogP contribution in [0.4, 0.5) is 15.8 Å². The van der Waals surface area contributed by atoms with Crippen LogP contribution in [-0.2, 0) is 11.2 Å². The number of amides is 1. The second kappa shape index (κ2) is 4.70. The van der Waals surface area contributed by atoms with Gasteiger partial charge in [0.25, 0.3) is 0 Å². The number of benzene rings is 2. The summed E-state index contributed by atoms with van der Waals surface area (Å²) in [6.07, 6.45) is 0.256. The minimum Gasteiger partial charge on any atom is -0.399 e. The summed E-state index contributed by atoms with van der Waals surface area (Å²) in [7, 11) is 1.69. The number of rotatable bonds is 2. The van der Waals surface area contributed by atoms with Crippen molar-refractivity contribution < 1.29 is 14.0 Å². The Hall–Kier alpha value is -2.69. The highest BCUT2D eigenvalue weighted by Gasteiger charge is 2.25. The zero-order valence-electron chi connectivity index (χ0n) is 11.4. The van der Waals surface area contributed by atoms with Crippen LogP contribution in [0, 0.1) is 5.82 Å². The first-order valence-corrected chi connectivity index (χ1v) is 6.46. The Balaban J connectivity index is 2.02. The number of ketones is 1. The lowest BCUT2D eigenvalue weighted by Gasteiger charge is -2.10. The number of nitrogens with two attached hydrogens (primary N) is 1. The summed E-state index contributed by atoms with van der Waals surface area (Å²) < 4.78 is 13.8. The summed E-state index contributed by atoms with van der Waals surface area (Å²) in [5.74, 6) is -1.07. The molecule has 1 amide bonds. The lowest BCUT2D eigenvalue weighted by Crippen LogP contribution is -2.20. The zero-order valence-corrected chi connectivity index (χ0v) is 11.4. The number of fused-ring (bicyclic) bond motifs is 1. The molecular weight excluding hydrogens is 271 g/mol. The average molecular weight is 284 g/mol. The van der Waals surface area contributed by atoms with Crippen molar-refractivity contribution in [1.29, 1.82) is 0 Å². The van der Waals surface area contributed by atoms with Gasteiger partial charge in [0, 0.05) is 24.0 Å².